The number of benzene rings is 2. The maximum absolute atomic E-state index is 12.4. The zero-order chi connectivity index (χ0) is 18.7. The van der Waals surface area contributed by atoms with Crippen LogP contribution in [0.15, 0.2) is 66.7 Å². The van der Waals surface area contributed by atoms with Crippen LogP contribution in [0, 0.1) is 17.0 Å². The van der Waals surface area contributed by atoms with Crippen LogP contribution in [-0.2, 0) is 7.05 Å². The second kappa shape index (κ2) is 7.14. The SMILES string of the molecule is Cc1c(NC(=O)c2ccccc2)cc([N+](=O)[O-])c(-c2ccccc2)[n+]1C. The Morgan fingerprint density at radius 2 is 1.62 bits per heavy atom. The Bertz CT molecular complexity index is 971. The maximum atomic E-state index is 12.4. The van der Waals surface area contributed by atoms with E-state index in [0.717, 1.165) is 11.3 Å². The van der Waals surface area contributed by atoms with Gasteiger partial charge in [0.1, 0.15) is 12.7 Å². The van der Waals surface area contributed by atoms with E-state index in [1.165, 1.54) is 6.07 Å². The number of carbonyl (C=O) groups is 1. The van der Waals surface area contributed by atoms with E-state index in [1.54, 1.807) is 35.9 Å². The summed E-state index contributed by atoms with van der Waals surface area (Å²) in [6.07, 6.45) is 0. The highest BCUT2D eigenvalue weighted by molar-refractivity contribution is 6.04. The van der Waals surface area contributed by atoms with Gasteiger partial charge >= 0.3 is 5.69 Å². The van der Waals surface area contributed by atoms with Gasteiger partial charge in [-0.05, 0) is 24.3 Å². The minimum absolute atomic E-state index is 0.0624. The molecule has 6 nitrogen and oxygen atoms in total. The number of pyridine rings is 1. The summed E-state index contributed by atoms with van der Waals surface area (Å²) in [5.41, 5.74) is 2.79. The molecule has 1 N–H and O–H groups in total. The molecule has 0 aliphatic rings. The minimum Gasteiger partial charge on any atom is -0.317 e. The smallest absolute Gasteiger partial charge is 0.317 e. The number of aromatic nitrogens is 1. The maximum Gasteiger partial charge on any atom is 0.342 e. The second-order valence-corrected chi connectivity index (χ2v) is 5.88. The van der Waals surface area contributed by atoms with E-state index in [9.17, 15) is 14.9 Å². The lowest BCUT2D eigenvalue weighted by Gasteiger charge is -2.10. The van der Waals surface area contributed by atoms with Crippen molar-refractivity contribution in [3.8, 4) is 11.3 Å². The lowest BCUT2D eigenvalue weighted by atomic mass is 10.1. The van der Waals surface area contributed by atoms with E-state index in [-0.39, 0.29) is 11.6 Å². The third kappa shape index (κ3) is 3.30. The summed E-state index contributed by atoms with van der Waals surface area (Å²) in [6.45, 7) is 1.82. The van der Waals surface area contributed by atoms with Gasteiger partial charge in [0.25, 0.3) is 11.6 Å². The number of rotatable bonds is 4. The topological polar surface area (TPSA) is 76.1 Å². The fourth-order valence-electron chi connectivity index (χ4n) is 2.82. The molecule has 0 radical (unpaired) electrons. The molecule has 0 fully saturated rings. The zero-order valence-corrected chi connectivity index (χ0v) is 14.5. The molecule has 6 heteroatoms. The van der Waals surface area contributed by atoms with Crippen LogP contribution in [0.4, 0.5) is 11.4 Å². The standard InChI is InChI=1S/C20H17N3O3/c1-14-17(21-20(24)16-11-7-4-8-12-16)13-18(23(25)26)19(22(14)2)15-9-5-3-6-10-15/h3-13H,1-2H3/p+1. The molecule has 26 heavy (non-hydrogen) atoms. The molecule has 0 saturated heterocycles. The van der Waals surface area contributed by atoms with Crippen LogP contribution in [0.3, 0.4) is 0 Å². The molecule has 2 aromatic carbocycles. The average Bonchev–Trinajstić information content (AvgIpc) is 2.66. The van der Waals surface area contributed by atoms with Crippen LogP contribution in [0.2, 0.25) is 0 Å². The third-order valence-electron chi connectivity index (χ3n) is 4.28. The van der Waals surface area contributed by atoms with Crippen LogP contribution in [0.1, 0.15) is 16.1 Å². The van der Waals surface area contributed by atoms with Gasteiger partial charge in [-0.25, -0.2) is 0 Å². The molecular weight excluding hydrogens is 330 g/mol. The van der Waals surface area contributed by atoms with Gasteiger partial charge in [-0.15, -0.1) is 0 Å². The molecule has 0 spiro atoms. The van der Waals surface area contributed by atoms with Crippen LogP contribution in [0.5, 0.6) is 0 Å². The first-order chi connectivity index (χ1) is 12.5. The lowest BCUT2D eigenvalue weighted by Crippen LogP contribution is -2.37. The Labute approximate surface area is 150 Å². The van der Waals surface area contributed by atoms with E-state index in [0.29, 0.717) is 16.9 Å². The average molecular weight is 348 g/mol. The van der Waals surface area contributed by atoms with Crippen molar-refractivity contribution in [1.82, 2.24) is 0 Å². The molecule has 0 atom stereocenters. The Hall–Kier alpha value is -3.54. The summed E-state index contributed by atoms with van der Waals surface area (Å²) in [5, 5.41) is 14.4. The van der Waals surface area contributed by atoms with Gasteiger partial charge in [-0.1, -0.05) is 36.4 Å². The van der Waals surface area contributed by atoms with Gasteiger partial charge in [0, 0.05) is 12.5 Å². The number of carbonyl (C=O) groups excluding carboxylic acids is 1. The monoisotopic (exact) mass is 348 g/mol. The van der Waals surface area contributed by atoms with E-state index in [4.69, 9.17) is 0 Å². The van der Waals surface area contributed by atoms with Crippen molar-refractivity contribution in [1.29, 1.82) is 0 Å². The van der Waals surface area contributed by atoms with Gasteiger partial charge in [-0.3, -0.25) is 14.9 Å². The van der Waals surface area contributed by atoms with Crippen LogP contribution in [0.25, 0.3) is 11.3 Å². The molecule has 3 rings (SSSR count). The highest BCUT2D eigenvalue weighted by Crippen LogP contribution is 2.30. The summed E-state index contributed by atoms with van der Waals surface area (Å²) >= 11 is 0. The van der Waals surface area contributed by atoms with Gasteiger partial charge in [0.2, 0.25) is 5.69 Å². The molecule has 3 aromatic rings. The van der Waals surface area contributed by atoms with Crippen molar-refractivity contribution in [3.63, 3.8) is 0 Å². The minimum atomic E-state index is -0.431. The van der Waals surface area contributed by atoms with Gasteiger partial charge in [0.15, 0.2) is 0 Å². The van der Waals surface area contributed by atoms with Crippen molar-refractivity contribution in [3.05, 3.63) is 88.1 Å². The Kier molecular flexibility index (Phi) is 4.75. The highest BCUT2D eigenvalue weighted by Gasteiger charge is 2.30. The number of nitro groups is 1. The Balaban J connectivity index is 2.09. The molecule has 0 bridgehead atoms. The summed E-state index contributed by atoms with van der Waals surface area (Å²) < 4.78 is 1.73. The Morgan fingerprint density at radius 1 is 1.04 bits per heavy atom. The quantitative estimate of drug-likeness (QED) is 0.444. The summed E-state index contributed by atoms with van der Waals surface area (Å²) in [4.78, 5) is 23.6. The van der Waals surface area contributed by atoms with Crippen LogP contribution >= 0.6 is 0 Å². The first kappa shape index (κ1) is 17.3. The predicted octanol–water partition coefficient (Wildman–Crippen LogP) is 3.65. The fourth-order valence-corrected chi connectivity index (χ4v) is 2.82. The summed E-state index contributed by atoms with van der Waals surface area (Å²) in [5.74, 6) is -0.310. The third-order valence-corrected chi connectivity index (χ3v) is 4.28. The number of hydrogen-bond acceptors (Lipinski definition) is 3. The number of hydrogen-bond donors (Lipinski definition) is 1. The van der Waals surface area contributed by atoms with Gasteiger partial charge < -0.3 is 5.32 Å². The normalized spacial score (nSPS) is 10.4. The molecule has 1 heterocycles. The predicted molar refractivity (Wildman–Crippen MR) is 98.8 cm³/mol. The van der Waals surface area contributed by atoms with Crippen molar-refractivity contribution in [2.45, 2.75) is 6.92 Å². The number of amides is 1. The molecule has 0 saturated carbocycles. The molecular formula is C20H18N3O3+. The van der Waals surface area contributed by atoms with E-state index in [1.807, 2.05) is 43.3 Å². The Morgan fingerprint density at radius 3 is 2.19 bits per heavy atom. The number of nitrogens with zero attached hydrogens (tertiary/aromatic N) is 2. The zero-order valence-electron chi connectivity index (χ0n) is 14.5. The van der Waals surface area contributed by atoms with E-state index >= 15 is 0 Å². The summed E-state index contributed by atoms with van der Waals surface area (Å²) in [7, 11) is 1.75. The lowest BCUT2D eigenvalue weighted by molar-refractivity contribution is -0.668. The fraction of sp³-hybridized carbons (Fsp3) is 0.100. The number of anilines is 1. The molecule has 0 aliphatic heterocycles. The number of nitrogens with one attached hydrogen (secondary N) is 1. The van der Waals surface area contributed by atoms with Gasteiger partial charge in [-0.2, -0.15) is 4.57 Å². The molecule has 0 unspecified atom stereocenters. The first-order valence-electron chi connectivity index (χ1n) is 8.09. The van der Waals surface area contributed by atoms with Gasteiger partial charge in [0.05, 0.1) is 16.6 Å². The van der Waals surface area contributed by atoms with E-state index in [2.05, 4.69) is 5.32 Å². The molecule has 1 aromatic heterocycles. The van der Waals surface area contributed by atoms with Crippen molar-refractivity contribution >= 4 is 17.3 Å². The van der Waals surface area contributed by atoms with Crippen LogP contribution < -0.4 is 9.88 Å². The molecule has 0 aliphatic carbocycles. The van der Waals surface area contributed by atoms with E-state index < -0.39 is 4.92 Å². The van der Waals surface area contributed by atoms with Crippen molar-refractivity contribution in [2.75, 3.05) is 5.32 Å². The van der Waals surface area contributed by atoms with Crippen LogP contribution in [-0.4, -0.2) is 10.8 Å². The second-order valence-electron chi connectivity index (χ2n) is 5.88. The molecule has 1 amide bonds. The molecule has 130 valence electrons. The van der Waals surface area contributed by atoms with Crippen molar-refractivity contribution in [2.24, 2.45) is 7.05 Å². The summed E-state index contributed by atoms with van der Waals surface area (Å²) in [6, 6.07) is 19.3. The first-order valence-corrected chi connectivity index (χ1v) is 8.09. The highest BCUT2D eigenvalue weighted by atomic mass is 16.6. The van der Waals surface area contributed by atoms with Crippen molar-refractivity contribution < 1.29 is 14.3 Å². The largest absolute Gasteiger partial charge is 0.342 e.